The van der Waals surface area contributed by atoms with Gasteiger partial charge in [0, 0.05) is 30.9 Å². The number of ether oxygens (including phenoxy) is 2. The van der Waals surface area contributed by atoms with E-state index in [2.05, 4.69) is 16.5 Å². The van der Waals surface area contributed by atoms with E-state index in [-0.39, 0.29) is 5.91 Å². The molecule has 2 heterocycles. The van der Waals surface area contributed by atoms with Crippen LogP contribution in [0.5, 0.6) is 11.5 Å². The lowest BCUT2D eigenvalue weighted by atomic mass is 10.1. The van der Waals surface area contributed by atoms with Crippen LogP contribution in [-0.4, -0.2) is 28.9 Å². The van der Waals surface area contributed by atoms with Gasteiger partial charge in [-0.25, -0.2) is 0 Å². The van der Waals surface area contributed by atoms with Gasteiger partial charge in [-0.2, -0.15) is 5.10 Å². The van der Waals surface area contributed by atoms with Crippen LogP contribution in [0.15, 0.2) is 42.6 Å². The molecule has 1 N–H and O–H groups in total. The van der Waals surface area contributed by atoms with Crippen LogP contribution in [0.25, 0.3) is 11.3 Å². The number of hydrogen-bond donors (Lipinski definition) is 1. The standard InChI is InChI=1S/C22H23N3O3/c1-14-9-15(2)11-17(10-14)23-22(26)18-13-25(3)24-21(18)16-5-6-19-20(12-16)28-8-4-7-27-19/h5-6,9-13H,4,7-8H2,1-3H3,(H,23,26). The number of carbonyl (C=O) groups is 1. The number of amides is 1. The van der Waals surface area contributed by atoms with E-state index in [4.69, 9.17) is 9.47 Å². The smallest absolute Gasteiger partial charge is 0.259 e. The Labute approximate surface area is 164 Å². The third kappa shape index (κ3) is 3.71. The molecule has 0 atom stereocenters. The Morgan fingerprint density at radius 2 is 1.75 bits per heavy atom. The molecule has 0 aliphatic carbocycles. The van der Waals surface area contributed by atoms with Gasteiger partial charge in [-0.3, -0.25) is 9.48 Å². The van der Waals surface area contributed by atoms with E-state index in [0.29, 0.717) is 30.2 Å². The molecule has 1 aliphatic heterocycles. The molecule has 4 rings (SSSR count). The number of carbonyl (C=O) groups excluding carboxylic acids is 1. The van der Waals surface area contributed by atoms with Gasteiger partial charge in [0.05, 0.1) is 18.8 Å². The van der Waals surface area contributed by atoms with Crippen LogP contribution in [0.4, 0.5) is 5.69 Å². The summed E-state index contributed by atoms with van der Waals surface area (Å²) in [6, 6.07) is 11.6. The molecule has 3 aromatic rings. The molecule has 0 radical (unpaired) electrons. The molecule has 0 bridgehead atoms. The lowest BCUT2D eigenvalue weighted by molar-refractivity contribution is 0.102. The van der Waals surface area contributed by atoms with Crippen LogP contribution in [-0.2, 0) is 7.05 Å². The number of nitrogens with one attached hydrogen (secondary N) is 1. The van der Waals surface area contributed by atoms with Gasteiger partial charge >= 0.3 is 0 Å². The highest BCUT2D eigenvalue weighted by Gasteiger charge is 2.20. The van der Waals surface area contributed by atoms with E-state index in [1.807, 2.05) is 44.2 Å². The summed E-state index contributed by atoms with van der Waals surface area (Å²) in [6.07, 6.45) is 2.58. The van der Waals surface area contributed by atoms with Crippen molar-refractivity contribution in [2.24, 2.45) is 7.05 Å². The zero-order chi connectivity index (χ0) is 19.7. The Balaban J connectivity index is 1.67. The Morgan fingerprint density at radius 1 is 1.04 bits per heavy atom. The fraction of sp³-hybridized carbons (Fsp3) is 0.273. The SMILES string of the molecule is Cc1cc(C)cc(NC(=O)c2cn(C)nc2-c2ccc3c(c2)OCCCO3)c1. The maximum Gasteiger partial charge on any atom is 0.259 e. The van der Waals surface area contributed by atoms with Gasteiger partial charge < -0.3 is 14.8 Å². The van der Waals surface area contributed by atoms with Gasteiger partial charge in [-0.1, -0.05) is 6.07 Å². The van der Waals surface area contributed by atoms with Crippen molar-refractivity contribution in [3.8, 4) is 22.8 Å². The van der Waals surface area contributed by atoms with Crippen molar-refractivity contribution in [1.82, 2.24) is 9.78 Å². The first-order valence-electron chi connectivity index (χ1n) is 9.33. The first kappa shape index (κ1) is 18.1. The number of aryl methyl sites for hydroxylation is 3. The van der Waals surface area contributed by atoms with Gasteiger partial charge in [0.15, 0.2) is 11.5 Å². The summed E-state index contributed by atoms with van der Waals surface area (Å²) < 4.78 is 13.1. The summed E-state index contributed by atoms with van der Waals surface area (Å²) in [7, 11) is 1.81. The lowest BCUT2D eigenvalue weighted by Crippen LogP contribution is -2.12. The highest BCUT2D eigenvalue weighted by Crippen LogP contribution is 2.35. The molecule has 1 amide bonds. The predicted molar refractivity (Wildman–Crippen MR) is 108 cm³/mol. The molecular formula is C22H23N3O3. The summed E-state index contributed by atoms with van der Waals surface area (Å²) >= 11 is 0. The van der Waals surface area contributed by atoms with Gasteiger partial charge in [0.25, 0.3) is 5.91 Å². The van der Waals surface area contributed by atoms with Crippen molar-refractivity contribution in [3.05, 3.63) is 59.3 Å². The molecule has 0 saturated carbocycles. The summed E-state index contributed by atoms with van der Waals surface area (Å²) in [5.41, 5.74) is 4.91. The van der Waals surface area contributed by atoms with Crippen LogP contribution >= 0.6 is 0 Å². The fourth-order valence-corrected chi connectivity index (χ4v) is 3.42. The molecule has 28 heavy (non-hydrogen) atoms. The number of anilines is 1. The Morgan fingerprint density at radius 3 is 2.50 bits per heavy atom. The number of nitrogens with zero attached hydrogens (tertiary/aromatic N) is 2. The summed E-state index contributed by atoms with van der Waals surface area (Å²) in [4.78, 5) is 13.0. The molecule has 1 aliphatic rings. The topological polar surface area (TPSA) is 65.4 Å². The van der Waals surface area contributed by atoms with Crippen molar-refractivity contribution in [3.63, 3.8) is 0 Å². The van der Waals surface area contributed by atoms with Gasteiger partial charge in [0.1, 0.15) is 5.69 Å². The Hall–Kier alpha value is -3.28. The zero-order valence-corrected chi connectivity index (χ0v) is 16.3. The molecule has 1 aromatic heterocycles. The average molecular weight is 377 g/mol. The van der Waals surface area contributed by atoms with Crippen molar-refractivity contribution in [1.29, 1.82) is 0 Å². The number of hydrogen-bond acceptors (Lipinski definition) is 4. The number of benzene rings is 2. The molecule has 0 unspecified atom stereocenters. The van der Waals surface area contributed by atoms with Crippen LogP contribution in [0.2, 0.25) is 0 Å². The van der Waals surface area contributed by atoms with Crippen molar-refractivity contribution in [2.45, 2.75) is 20.3 Å². The fourth-order valence-electron chi connectivity index (χ4n) is 3.42. The molecular weight excluding hydrogens is 354 g/mol. The molecule has 2 aromatic carbocycles. The first-order chi connectivity index (χ1) is 13.5. The normalized spacial score (nSPS) is 13.1. The van der Waals surface area contributed by atoms with Crippen molar-refractivity contribution < 1.29 is 14.3 Å². The molecule has 144 valence electrons. The predicted octanol–water partition coefficient (Wildman–Crippen LogP) is 4.12. The number of fused-ring (bicyclic) bond motifs is 1. The number of aromatic nitrogens is 2. The van der Waals surface area contributed by atoms with Crippen LogP contribution in [0.1, 0.15) is 27.9 Å². The Kier molecular flexibility index (Phi) is 4.77. The maximum absolute atomic E-state index is 13.0. The van der Waals surface area contributed by atoms with Gasteiger partial charge in [-0.05, 0) is 55.3 Å². The minimum absolute atomic E-state index is 0.194. The quantitative estimate of drug-likeness (QED) is 0.746. The second-order valence-corrected chi connectivity index (χ2v) is 7.11. The van der Waals surface area contributed by atoms with E-state index in [0.717, 1.165) is 34.5 Å². The van der Waals surface area contributed by atoms with Gasteiger partial charge in [0.2, 0.25) is 0 Å². The monoisotopic (exact) mass is 377 g/mol. The largest absolute Gasteiger partial charge is 0.490 e. The maximum atomic E-state index is 13.0. The lowest BCUT2D eigenvalue weighted by Gasteiger charge is -2.10. The number of rotatable bonds is 3. The molecule has 0 saturated heterocycles. The van der Waals surface area contributed by atoms with E-state index >= 15 is 0 Å². The van der Waals surface area contributed by atoms with Crippen LogP contribution < -0.4 is 14.8 Å². The van der Waals surface area contributed by atoms with E-state index in [1.165, 1.54) is 0 Å². The minimum Gasteiger partial charge on any atom is -0.490 e. The summed E-state index contributed by atoms with van der Waals surface area (Å²) in [5.74, 6) is 1.21. The second-order valence-electron chi connectivity index (χ2n) is 7.11. The minimum atomic E-state index is -0.194. The highest BCUT2D eigenvalue weighted by molar-refractivity contribution is 6.08. The Bertz CT molecular complexity index is 1020. The molecule has 0 fully saturated rings. The molecule has 6 heteroatoms. The third-order valence-corrected chi connectivity index (χ3v) is 4.57. The van der Waals surface area contributed by atoms with Crippen LogP contribution in [0, 0.1) is 13.8 Å². The average Bonchev–Trinajstić information content (AvgIpc) is 2.88. The zero-order valence-electron chi connectivity index (χ0n) is 16.3. The van der Waals surface area contributed by atoms with Crippen LogP contribution in [0.3, 0.4) is 0 Å². The van der Waals surface area contributed by atoms with E-state index in [9.17, 15) is 4.79 Å². The first-order valence-corrected chi connectivity index (χ1v) is 9.33. The van der Waals surface area contributed by atoms with Crippen molar-refractivity contribution >= 4 is 11.6 Å². The van der Waals surface area contributed by atoms with Gasteiger partial charge in [-0.15, -0.1) is 0 Å². The summed E-state index contributed by atoms with van der Waals surface area (Å²) in [6.45, 7) is 5.27. The second kappa shape index (κ2) is 7.38. The summed E-state index contributed by atoms with van der Waals surface area (Å²) in [5, 5.41) is 7.50. The highest BCUT2D eigenvalue weighted by atomic mass is 16.5. The van der Waals surface area contributed by atoms with E-state index in [1.54, 1.807) is 17.9 Å². The third-order valence-electron chi connectivity index (χ3n) is 4.57. The molecule has 6 nitrogen and oxygen atoms in total. The van der Waals surface area contributed by atoms with Crippen molar-refractivity contribution in [2.75, 3.05) is 18.5 Å². The molecule has 0 spiro atoms. The van der Waals surface area contributed by atoms with E-state index < -0.39 is 0 Å².